The summed E-state index contributed by atoms with van der Waals surface area (Å²) < 4.78 is 178. The van der Waals surface area contributed by atoms with Gasteiger partial charge in [0.25, 0.3) is 17.4 Å². The number of aliphatic hydroxyl groups excluding tert-OH is 25. The second kappa shape index (κ2) is 48.7. The molecule has 0 aromatic rings. The first-order chi connectivity index (χ1) is 64.2. The van der Waals surface area contributed by atoms with E-state index in [2.05, 4.69) is 14.2 Å². The van der Waals surface area contributed by atoms with Crippen LogP contribution >= 0.6 is 31.3 Å². The molecule has 1 amide bonds. The zero-order chi connectivity index (χ0) is 103. The summed E-state index contributed by atoms with van der Waals surface area (Å²) in [7, 11) is -26.0. The van der Waals surface area contributed by atoms with E-state index in [0.717, 1.165) is 6.92 Å². The number of carbonyl (C=O) groups excluding carboxylic acids is 1. The van der Waals surface area contributed by atoms with Gasteiger partial charge in [-0.2, -0.15) is 4.31 Å². The van der Waals surface area contributed by atoms with Gasteiger partial charge < -0.3 is 275 Å². The summed E-state index contributed by atoms with van der Waals surface area (Å²) in [6, 6.07) is -4.65. The molecule has 3 unspecified atom stereocenters. The molecule has 9 rings (SSSR count). The summed E-state index contributed by atoms with van der Waals surface area (Å²) >= 11 is 0. The van der Waals surface area contributed by atoms with Crippen LogP contribution in [0.5, 0.6) is 0 Å². The Kier molecular flexibility index (Phi) is 41.7. The van der Waals surface area contributed by atoms with Crippen molar-refractivity contribution in [3.05, 3.63) is 0 Å². The standard InChI is InChI=1S/C66H115N3O65P4/c1-16(78)69-30-36(90)33(87)24(11-74)115-56(30)125-51-38(92)34(88)25(12-75)116-59(51)123-49-29(68)55(117-26(13-76)48(49)121-57-39(93)37(91)35(89)28(118-57)15-113-65(62(98)99)4-17(79)31(85)42(129-65)19(81)7-70)124-50-40(94)46(27(14-77)131-135(103,104)105)120-58(41(50)95)126-52-53(132-136(106,107)108)44(21(83)9-72)119-60(54(52)133-138(111,112)134-137(109,110)114-3-2-67)122-47-23(6-64(102,61(96)97)128-45(47)22(84)10-73)127-66(63(100)101)5-18(80)32(86)43(130-66)20(82)8-71/h17-60,70-77,79-95,102H,2-15,67-68H2,1H3,(H,69,78)(H,96,97)(H,98,99)(H,100,101)(H,109,110)(H,111,112)(H2,103,104,105)(H2,106,107,108)/t17-,18-,19-,20-,21+,22-,23-,24-,25-,26-,27+,28-,29-,30-,31-,32-,33-,34-,35-,36-,37+,38+,39-,40-,41+,42-,43-,44-,45-,46-,47-,48+,49-,50+,51-,52+,53-,54+,55-,56+,57+,58-,59-,60-,64?,65-,66-/m1/s1. The number of hydrogen-bond acceptors (Lipinski definition) is 58. The lowest BCUT2D eigenvalue weighted by atomic mass is 9.89. The minimum Gasteiger partial charge on any atom is -0.477 e. The van der Waals surface area contributed by atoms with E-state index in [9.17, 15) is 215 Å². The molecule has 40 N–H and O–H groups in total. The summed E-state index contributed by atoms with van der Waals surface area (Å²) in [5.74, 6) is -19.1. The second-order valence-corrected chi connectivity index (χ2v) is 38.1. The van der Waals surface area contributed by atoms with Crippen LogP contribution in [-0.4, -0.2) is 561 Å². The zero-order valence-corrected chi connectivity index (χ0v) is 74.7. The fourth-order valence-corrected chi connectivity index (χ4v) is 19.6. The van der Waals surface area contributed by atoms with Crippen molar-refractivity contribution in [1.29, 1.82) is 0 Å². The highest BCUT2D eigenvalue weighted by Gasteiger charge is 2.67. The highest BCUT2D eigenvalue weighted by molar-refractivity contribution is 7.61. The van der Waals surface area contributed by atoms with Crippen LogP contribution in [0, 0.1) is 0 Å². The summed E-state index contributed by atoms with van der Waals surface area (Å²) in [6.45, 7) is -14.7. The van der Waals surface area contributed by atoms with E-state index in [0.29, 0.717) is 0 Å². The van der Waals surface area contributed by atoms with Crippen molar-refractivity contribution >= 4 is 55.1 Å². The van der Waals surface area contributed by atoms with Gasteiger partial charge in [0.2, 0.25) is 5.91 Å². The largest absolute Gasteiger partial charge is 0.481 e. The van der Waals surface area contributed by atoms with Crippen LogP contribution in [0.2, 0.25) is 0 Å². The average Bonchev–Trinajstić information content (AvgIpc) is 0.744. The number of carboxylic acids is 3. The predicted octanol–water partition coefficient (Wildman–Crippen LogP) is -21.8. The lowest BCUT2D eigenvalue weighted by Crippen LogP contribution is -2.72. The highest BCUT2D eigenvalue weighted by atomic mass is 31.3. The lowest BCUT2D eigenvalue weighted by molar-refractivity contribution is -0.406. The van der Waals surface area contributed by atoms with Crippen molar-refractivity contribution < 1.29 is 318 Å². The highest BCUT2D eigenvalue weighted by Crippen LogP contribution is 2.62. The van der Waals surface area contributed by atoms with E-state index in [1.54, 1.807) is 0 Å². The molecule has 0 aromatic carbocycles. The van der Waals surface area contributed by atoms with Crippen molar-refractivity contribution in [2.45, 2.75) is 313 Å². The Balaban J connectivity index is 1.22. The van der Waals surface area contributed by atoms with Crippen molar-refractivity contribution in [1.82, 2.24) is 5.32 Å². The number of carbonyl (C=O) groups is 4. The van der Waals surface area contributed by atoms with Crippen molar-refractivity contribution in [3.63, 3.8) is 0 Å². The average molecular weight is 2110 g/mol. The lowest BCUT2D eigenvalue weighted by Gasteiger charge is -2.53. The number of phosphoric acid groups is 4. The van der Waals surface area contributed by atoms with Crippen LogP contribution in [-0.2, 0) is 140 Å². The SMILES string of the molecule is CC(=O)N[C@H]1[C@H](O[C@H]2[C@@H](O[C@@H]3[C@@H](N)[C@@H](O[C@@H]4[C@H](O)[C@@H](O[C@H]5[C@H](OP(=O)(O)O)[C@@H]([C@@H](O)CO)O[C@H](O[C@H]6[C@@H]([C@H](O)CO)OC(O)(C(=O)O)C[C@H]6O[C@]6(C(=O)O)C[C@@H](O)[C@@H](O)[C@@H]([C@H](O)CO)O6)[C@H]5OP(=O)(O)OP(=O)(O)OCCN)O[C@H]([C@H](CO)OP(=O)(O)O)[C@H]4O)O[C@H](CO)[C@@H]3O[C@@H]3O[C@H](CO[C@]4(C(=O)O)C[C@@H](O)[C@@H](O)[C@@H]([C@H](O)CO)O4)[C@@H](O)[C@H](O)[C@H]3O)O[C@H](CO)[C@@H](O)[C@@H]2O)O[C@H](CO)[C@@H](O)[C@@H]1O. The summed E-state index contributed by atoms with van der Waals surface area (Å²) in [5, 5.41) is 324. The van der Waals surface area contributed by atoms with Crippen molar-refractivity contribution in [2.24, 2.45) is 11.5 Å². The molecule has 0 aliphatic carbocycles. The third-order valence-electron chi connectivity index (χ3n) is 23.0. The molecule has 0 radical (unpaired) electrons. The van der Waals surface area contributed by atoms with E-state index in [-0.39, 0.29) is 0 Å². The van der Waals surface area contributed by atoms with Gasteiger partial charge in [-0.25, -0.2) is 32.6 Å². The Morgan fingerprint density at radius 1 is 0.420 bits per heavy atom. The van der Waals surface area contributed by atoms with Crippen LogP contribution in [0.25, 0.3) is 0 Å². The quantitative estimate of drug-likeness (QED) is 0.0252. The first-order valence-electron chi connectivity index (χ1n) is 41.2. The second-order valence-electron chi connectivity index (χ2n) is 32.7. The van der Waals surface area contributed by atoms with Gasteiger partial charge in [-0.3, -0.25) is 22.9 Å². The molecule has 9 saturated heterocycles. The van der Waals surface area contributed by atoms with Crippen molar-refractivity contribution in [2.75, 3.05) is 72.6 Å². The Bertz CT molecular complexity index is 4130. The molecule has 9 aliphatic heterocycles. The van der Waals surface area contributed by atoms with Crippen molar-refractivity contribution in [3.8, 4) is 0 Å². The molecule has 72 heteroatoms. The van der Waals surface area contributed by atoms with Crippen LogP contribution in [0.3, 0.4) is 0 Å². The first kappa shape index (κ1) is 118. The molecule has 0 bridgehead atoms. The molecule has 9 fully saturated rings. The Morgan fingerprint density at radius 3 is 1.41 bits per heavy atom. The Labute approximate surface area is 773 Å². The molecule has 0 spiro atoms. The molecular formula is C66H115N3O65P4. The molecule has 9 heterocycles. The predicted molar refractivity (Wildman–Crippen MR) is 413 cm³/mol. The molecule has 138 heavy (non-hydrogen) atoms. The van der Waals surface area contributed by atoms with Crippen LogP contribution in [0.15, 0.2) is 0 Å². The monoisotopic (exact) mass is 2110 g/mol. The number of aliphatic carboxylic acids is 3. The Morgan fingerprint density at radius 2 is 0.884 bits per heavy atom. The van der Waals surface area contributed by atoms with Gasteiger partial charge in [0.05, 0.1) is 90.4 Å². The van der Waals surface area contributed by atoms with E-state index in [1.165, 1.54) is 0 Å². The fourth-order valence-electron chi connectivity index (χ4n) is 16.2. The summed E-state index contributed by atoms with van der Waals surface area (Å²) in [6.07, 6.45) is -118. The van der Waals surface area contributed by atoms with Gasteiger partial charge in [-0.1, -0.05) is 0 Å². The maximum atomic E-state index is 14.7. The van der Waals surface area contributed by atoms with Crippen LogP contribution in [0.1, 0.15) is 26.2 Å². The van der Waals surface area contributed by atoms with E-state index in [4.69, 9.17) is 106 Å². The van der Waals surface area contributed by atoms with E-state index < -0.39 is 434 Å². The van der Waals surface area contributed by atoms with Gasteiger partial charge >= 0.3 is 49.2 Å². The molecule has 9 aliphatic rings. The normalized spacial score (nSPS) is 44.4. The number of amides is 1. The number of phosphoric ester groups is 4. The number of aliphatic hydroxyl groups is 26. The van der Waals surface area contributed by atoms with Crippen LogP contribution in [0.4, 0.5) is 0 Å². The summed E-state index contributed by atoms with van der Waals surface area (Å²) in [5.41, 5.74) is 12.4. The van der Waals surface area contributed by atoms with Gasteiger partial charge in [0.1, 0.15) is 207 Å². The minimum absolute atomic E-state index is 0.739. The van der Waals surface area contributed by atoms with E-state index in [1.807, 2.05) is 0 Å². The molecular weight excluding hydrogens is 2000 g/mol. The molecule has 0 saturated carbocycles. The number of nitrogens with two attached hydrogens (primary N) is 2. The zero-order valence-electron chi connectivity index (χ0n) is 71.1. The number of ether oxygens (including phenoxy) is 17. The van der Waals surface area contributed by atoms with Gasteiger partial charge in [-0.05, 0) is 0 Å². The smallest absolute Gasteiger partial charge is 0.477 e. The number of nitrogens with one attached hydrogen (secondary N) is 1. The topological polar surface area (TPSA) is 1110 Å². The van der Waals surface area contributed by atoms with Gasteiger partial charge in [0.15, 0.2) is 37.7 Å². The third kappa shape index (κ3) is 27.4. The van der Waals surface area contributed by atoms with E-state index >= 15 is 0 Å². The maximum absolute atomic E-state index is 14.7. The van der Waals surface area contributed by atoms with Gasteiger partial charge in [-0.15, -0.1) is 0 Å². The number of hydrogen-bond donors (Lipinski definition) is 38. The molecule has 0 aromatic heterocycles. The third-order valence-corrected chi connectivity index (χ3v) is 26.8. The fraction of sp³-hybridized carbons (Fsp3) is 0.939. The molecule has 68 nitrogen and oxygen atoms in total. The summed E-state index contributed by atoms with van der Waals surface area (Å²) in [4.78, 5) is 117. The maximum Gasteiger partial charge on any atom is 0.481 e. The number of carboxylic acid groups (broad SMARTS) is 3. The molecule has 49 atom stereocenters. The van der Waals surface area contributed by atoms with Crippen LogP contribution < -0.4 is 16.8 Å². The minimum atomic E-state index is -6.99. The number of rotatable bonds is 45. The first-order valence-corrected chi connectivity index (χ1v) is 47.3. The Hall–Kier alpha value is -3.44. The van der Waals surface area contributed by atoms with Gasteiger partial charge in [0, 0.05) is 32.7 Å². The molecule has 804 valence electrons.